The lowest BCUT2D eigenvalue weighted by molar-refractivity contribution is -0.139. The monoisotopic (exact) mass is 222 g/mol. The summed E-state index contributed by atoms with van der Waals surface area (Å²) in [5.74, 6) is -0.298. The number of β-amino-alcohol motifs (C(OH)–C–C–N with tert-alkyl or cyclic N) is 1. The van der Waals surface area contributed by atoms with Gasteiger partial charge in [-0.15, -0.1) is 0 Å². The minimum Gasteiger partial charge on any atom is -0.469 e. The molecule has 5 heteroatoms. The largest absolute Gasteiger partial charge is 0.469 e. The standard InChI is InChI=1S/C11H14N2O3/c1-16-11(15)5-8-4-9(2-3-12-8)13-6-10(14)7-13/h2-4,10,14H,5-7H2,1H3. The second-order valence-electron chi connectivity index (χ2n) is 3.82. The summed E-state index contributed by atoms with van der Waals surface area (Å²) in [6, 6.07) is 3.72. The summed E-state index contributed by atoms with van der Waals surface area (Å²) in [5.41, 5.74) is 1.67. The number of ether oxygens (including phenoxy) is 1. The van der Waals surface area contributed by atoms with Gasteiger partial charge in [0.2, 0.25) is 0 Å². The van der Waals surface area contributed by atoms with Crippen molar-refractivity contribution in [1.82, 2.24) is 4.98 Å². The van der Waals surface area contributed by atoms with E-state index in [2.05, 4.69) is 9.72 Å². The molecule has 1 N–H and O–H groups in total. The number of rotatable bonds is 3. The molecule has 0 aliphatic carbocycles. The highest BCUT2D eigenvalue weighted by atomic mass is 16.5. The summed E-state index contributed by atoms with van der Waals surface area (Å²) in [6.07, 6.45) is 1.61. The number of esters is 1. The lowest BCUT2D eigenvalue weighted by atomic mass is 10.1. The van der Waals surface area contributed by atoms with E-state index in [4.69, 9.17) is 0 Å². The zero-order valence-electron chi connectivity index (χ0n) is 9.09. The first-order valence-electron chi connectivity index (χ1n) is 5.14. The fourth-order valence-electron chi connectivity index (χ4n) is 1.65. The van der Waals surface area contributed by atoms with Crippen molar-refractivity contribution in [3.05, 3.63) is 24.0 Å². The fraction of sp³-hybridized carbons (Fsp3) is 0.455. The smallest absolute Gasteiger partial charge is 0.311 e. The van der Waals surface area contributed by atoms with Gasteiger partial charge in [-0.05, 0) is 12.1 Å². The van der Waals surface area contributed by atoms with Gasteiger partial charge in [-0.3, -0.25) is 9.78 Å². The highest BCUT2D eigenvalue weighted by molar-refractivity contribution is 5.72. The second kappa shape index (κ2) is 4.49. The van der Waals surface area contributed by atoms with Crippen LogP contribution in [0.2, 0.25) is 0 Å². The molecule has 0 amide bonds. The van der Waals surface area contributed by atoms with Gasteiger partial charge in [-0.1, -0.05) is 0 Å². The number of aliphatic hydroxyl groups excluding tert-OH is 1. The predicted molar refractivity (Wildman–Crippen MR) is 58.2 cm³/mol. The van der Waals surface area contributed by atoms with Crippen molar-refractivity contribution in [2.24, 2.45) is 0 Å². The van der Waals surface area contributed by atoms with Crippen LogP contribution in [0.25, 0.3) is 0 Å². The second-order valence-corrected chi connectivity index (χ2v) is 3.82. The minimum absolute atomic E-state index is 0.181. The molecule has 0 bridgehead atoms. The lowest BCUT2D eigenvalue weighted by Crippen LogP contribution is -2.50. The molecule has 5 nitrogen and oxygen atoms in total. The van der Waals surface area contributed by atoms with Crippen LogP contribution >= 0.6 is 0 Å². The van der Waals surface area contributed by atoms with Gasteiger partial charge in [0.15, 0.2) is 0 Å². The molecule has 1 aromatic rings. The number of methoxy groups -OCH3 is 1. The maximum Gasteiger partial charge on any atom is 0.311 e. The topological polar surface area (TPSA) is 62.7 Å². The molecular formula is C11H14N2O3. The van der Waals surface area contributed by atoms with Gasteiger partial charge in [-0.25, -0.2) is 0 Å². The molecule has 1 aromatic heterocycles. The molecule has 16 heavy (non-hydrogen) atoms. The third kappa shape index (κ3) is 2.30. The van der Waals surface area contributed by atoms with Gasteiger partial charge in [0, 0.05) is 25.0 Å². The van der Waals surface area contributed by atoms with E-state index in [1.807, 2.05) is 17.0 Å². The van der Waals surface area contributed by atoms with Gasteiger partial charge >= 0.3 is 5.97 Å². The molecule has 86 valence electrons. The van der Waals surface area contributed by atoms with Gasteiger partial charge in [-0.2, -0.15) is 0 Å². The number of hydrogen-bond donors (Lipinski definition) is 1. The summed E-state index contributed by atoms with van der Waals surface area (Å²) in [6.45, 7) is 1.28. The number of aromatic nitrogens is 1. The van der Waals surface area contributed by atoms with E-state index in [0.29, 0.717) is 18.8 Å². The van der Waals surface area contributed by atoms with Crippen LogP contribution < -0.4 is 4.90 Å². The number of carbonyl (C=O) groups is 1. The van der Waals surface area contributed by atoms with E-state index >= 15 is 0 Å². The Morgan fingerprint density at radius 3 is 3.06 bits per heavy atom. The Balaban J connectivity index is 2.05. The predicted octanol–water partition coefficient (Wildman–Crippen LogP) is -0.0220. The maximum atomic E-state index is 11.1. The van der Waals surface area contributed by atoms with E-state index in [9.17, 15) is 9.90 Å². The van der Waals surface area contributed by atoms with Crippen LogP contribution in [0.15, 0.2) is 18.3 Å². The molecule has 0 aromatic carbocycles. The summed E-state index contributed by atoms with van der Waals surface area (Å²) >= 11 is 0. The van der Waals surface area contributed by atoms with Crippen LogP contribution in [-0.2, 0) is 16.0 Å². The van der Waals surface area contributed by atoms with E-state index in [0.717, 1.165) is 5.69 Å². The average molecular weight is 222 g/mol. The van der Waals surface area contributed by atoms with Gasteiger partial charge in [0.25, 0.3) is 0 Å². The Kier molecular flexibility index (Phi) is 3.05. The Labute approximate surface area is 93.7 Å². The van der Waals surface area contributed by atoms with Crippen molar-refractivity contribution in [1.29, 1.82) is 0 Å². The van der Waals surface area contributed by atoms with Crippen LogP contribution in [0, 0.1) is 0 Å². The van der Waals surface area contributed by atoms with Crippen LogP contribution in [0.1, 0.15) is 5.69 Å². The SMILES string of the molecule is COC(=O)Cc1cc(N2CC(O)C2)ccn1. The molecule has 2 heterocycles. The number of anilines is 1. The Hall–Kier alpha value is -1.62. The van der Waals surface area contributed by atoms with Crippen molar-refractivity contribution < 1.29 is 14.6 Å². The first kappa shape index (κ1) is 10.9. The molecule has 0 atom stereocenters. The number of carbonyl (C=O) groups excluding carboxylic acids is 1. The lowest BCUT2D eigenvalue weighted by Gasteiger charge is -2.37. The quantitative estimate of drug-likeness (QED) is 0.728. The van der Waals surface area contributed by atoms with Crippen LogP contribution in [0.3, 0.4) is 0 Å². The third-order valence-electron chi connectivity index (χ3n) is 2.58. The molecule has 1 fully saturated rings. The number of pyridine rings is 1. The van der Waals surface area contributed by atoms with E-state index in [1.165, 1.54) is 7.11 Å². The van der Waals surface area contributed by atoms with E-state index < -0.39 is 0 Å². The average Bonchev–Trinajstić information content (AvgIpc) is 2.25. The number of hydrogen-bond acceptors (Lipinski definition) is 5. The number of nitrogens with zero attached hydrogens (tertiary/aromatic N) is 2. The molecule has 0 saturated carbocycles. The molecule has 1 aliphatic heterocycles. The Bertz CT molecular complexity index is 389. The van der Waals surface area contributed by atoms with Crippen molar-refractivity contribution in [3.8, 4) is 0 Å². The summed E-state index contributed by atoms with van der Waals surface area (Å²) in [5, 5.41) is 9.20. The minimum atomic E-state index is -0.298. The van der Waals surface area contributed by atoms with Crippen LogP contribution in [0.5, 0.6) is 0 Å². The highest BCUT2D eigenvalue weighted by Crippen LogP contribution is 2.20. The Morgan fingerprint density at radius 2 is 2.44 bits per heavy atom. The van der Waals surface area contributed by atoms with E-state index in [1.54, 1.807) is 6.20 Å². The van der Waals surface area contributed by atoms with Gasteiger partial charge in [0.1, 0.15) is 0 Å². The third-order valence-corrected chi connectivity index (χ3v) is 2.58. The fourth-order valence-corrected chi connectivity index (χ4v) is 1.65. The van der Waals surface area contributed by atoms with Crippen molar-refractivity contribution in [3.63, 3.8) is 0 Å². The zero-order chi connectivity index (χ0) is 11.5. The number of aliphatic hydroxyl groups is 1. The molecule has 1 saturated heterocycles. The van der Waals surface area contributed by atoms with E-state index in [-0.39, 0.29) is 18.5 Å². The molecule has 0 unspecified atom stereocenters. The van der Waals surface area contributed by atoms with Crippen molar-refractivity contribution in [2.75, 3.05) is 25.1 Å². The Morgan fingerprint density at radius 1 is 1.69 bits per heavy atom. The van der Waals surface area contributed by atoms with Gasteiger partial charge < -0.3 is 14.7 Å². The summed E-state index contributed by atoms with van der Waals surface area (Å²) < 4.78 is 4.58. The zero-order valence-corrected chi connectivity index (χ0v) is 9.09. The summed E-state index contributed by atoms with van der Waals surface area (Å²) in [7, 11) is 1.36. The van der Waals surface area contributed by atoms with Crippen molar-refractivity contribution in [2.45, 2.75) is 12.5 Å². The molecular weight excluding hydrogens is 208 g/mol. The first-order chi connectivity index (χ1) is 7.69. The van der Waals surface area contributed by atoms with Crippen LogP contribution in [0.4, 0.5) is 5.69 Å². The normalized spacial score (nSPS) is 15.8. The first-order valence-corrected chi connectivity index (χ1v) is 5.14. The van der Waals surface area contributed by atoms with Gasteiger partial charge in [0.05, 0.1) is 25.3 Å². The van der Waals surface area contributed by atoms with Crippen LogP contribution in [-0.4, -0.2) is 42.4 Å². The molecule has 1 aliphatic rings. The molecule has 2 rings (SSSR count). The maximum absolute atomic E-state index is 11.1. The summed E-state index contributed by atoms with van der Waals surface area (Å²) in [4.78, 5) is 17.2. The van der Waals surface area contributed by atoms with Crippen molar-refractivity contribution >= 4 is 11.7 Å². The molecule has 0 spiro atoms. The highest BCUT2D eigenvalue weighted by Gasteiger charge is 2.24. The molecule has 0 radical (unpaired) electrons.